The van der Waals surface area contributed by atoms with Crippen LogP contribution in [0, 0.1) is 6.92 Å². The van der Waals surface area contributed by atoms with Gasteiger partial charge in [0.2, 0.25) is 0 Å². The zero-order valence-electron chi connectivity index (χ0n) is 11.4. The molecule has 0 aromatic heterocycles. The molecule has 102 valence electrons. The van der Waals surface area contributed by atoms with Crippen molar-refractivity contribution in [3.05, 3.63) is 34.3 Å². The Balaban J connectivity index is 2.24. The standard InChI is InChI=1S/C14H23ClN2O/c1-11-8-13(4-5-14(11)15)10-17-12(2)9-16-6-7-18-3/h4-5,8,12,16-17H,6-7,9-10H2,1-3H3. The molecule has 0 spiro atoms. The second-order valence-electron chi connectivity index (χ2n) is 4.56. The van der Waals surface area contributed by atoms with Crippen molar-refractivity contribution >= 4 is 11.6 Å². The third-order valence-electron chi connectivity index (χ3n) is 2.81. The zero-order valence-corrected chi connectivity index (χ0v) is 12.2. The van der Waals surface area contributed by atoms with E-state index in [0.29, 0.717) is 6.04 Å². The minimum atomic E-state index is 0.429. The molecular formula is C14H23ClN2O. The number of rotatable bonds is 8. The fourth-order valence-electron chi connectivity index (χ4n) is 1.67. The lowest BCUT2D eigenvalue weighted by atomic mass is 10.1. The van der Waals surface area contributed by atoms with Crippen LogP contribution in [0.1, 0.15) is 18.1 Å². The summed E-state index contributed by atoms with van der Waals surface area (Å²) in [5.41, 5.74) is 2.39. The monoisotopic (exact) mass is 270 g/mol. The van der Waals surface area contributed by atoms with Crippen LogP contribution in [0.25, 0.3) is 0 Å². The smallest absolute Gasteiger partial charge is 0.0587 e. The maximum absolute atomic E-state index is 6.00. The number of nitrogens with one attached hydrogen (secondary N) is 2. The Kier molecular flexibility index (Phi) is 7.28. The van der Waals surface area contributed by atoms with Crippen LogP contribution < -0.4 is 10.6 Å². The normalized spacial score (nSPS) is 12.7. The number of aryl methyl sites for hydroxylation is 1. The average molecular weight is 271 g/mol. The van der Waals surface area contributed by atoms with Crippen molar-refractivity contribution in [2.45, 2.75) is 26.4 Å². The van der Waals surface area contributed by atoms with Crippen LogP contribution in [0.2, 0.25) is 5.02 Å². The first kappa shape index (κ1) is 15.4. The maximum atomic E-state index is 6.00. The van der Waals surface area contributed by atoms with Crippen LogP contribution in [0.3, 0.4) is 0 Å². The lowest BCUT2D eigenvalue weighted by Crippen LogP contribution is -2.37. The molecule has 18 heavy (non-hydrogen) atoms. The summed E-state index contributed by atoms with van der Waals surface area (Å²) in [5.74, 6) is 0. The number of halogens is 1. The highest BCUT2D eigenvalue weighted by Gasteiger charge is 2.02. The van der Waals surface area contributed by atoms with E-state index in [0.717, 1.165) is 36.8 Å². The first-order valence-electron chi connectivity index (χ1n) is 6.31. The summed E-state index contributed by atoms with van der Waals surface area (Å²) in [6, 6.07) is 6.57. The highest BCUT2D eigenvalue weighted by molar-refractivity contribution is 6.31. The predicted octanol–water partition coefficient (Wildman–Crippen LogP) is 2.36. The fourth-order valence-corrected chi connectivity index (χ4v) is 1.79. The van der Waals surface area contributed by atoms with E-state index in [2.05, 4.69) is 29.7 Å². The van der Waals surface area contributed by atoms with Crippen LogP contribution in [0.4, 0.5) is 0 Å². The van der Waals surface area contributed by atoms with E-state index in [-0.39, 0.29) is 0 Å². The summed E-state index contributed by atoms with van der Waals surface area (Å²) in [6.07, 6.45) is 0. The quantitative estimate of drug-likeness (QED) is 0.712. The molecule has 0 radical (unpaired) electrons. The number of methoxy groups -OCH3 is 1. The van der Waals surface area contributed by atoms with E-state index in [4.69, 9.17) is 16.3 Å². The molecule has 1 unspecified atom stereocenters. The molecule has 1 aromatic rings. The molecule has 1 atom stereocenters. The summed E-state index contributed by atoms with van der Waals surface area (Å²) >= 11 is 6.00. The van der Waals surface area contributed by atoms with E-state index in [9.17, 15) is 0 Å². The molecule has 0 heterocycles. The van der Waals surface area contributed by atoms with Gasteiger partial charge in [0, 0.05) is 37.8 Å². The molecule has 1 aromatic carbocycles. The van der Waals surface area contributed by atoms with Gasteiger partial charge < -0.3 is 15.4 Å². The average Bonchev–Trinajstić information content (AvgIpc) is 2.36. The van der Waals surface area contributed by atoms with E-state index < -0.39 is 0 Å². The van der Waals surface area contributed by atoms with Gasteiger partial charge in [0.1, 0.15) is 0 Å². The van der Waals surface area contributed by atoms with Crippen molar-refractivity contribution < 1.29 is 4.74 Å². The first-order valence-corrected chi connectivity index (χ1v) is 6.69. The van der Waals surface area contributed by atoms with Crippen LogP contribution >= 0.6 is 11.6 Å². The van der Waals surface area contributed by atoms with Gasteiger partial charge in [-0.3, -0.25) is 0 Å². The number of benzene rings is 1. The number of ether oxygens (including phenoxy) is 1. The minimum Gasteiger partial charge on any atom is -0.383 e. The zero-order chi connectivity index (χ0) is 13.4. The maximum Gasteiger partial charge on any atom is 0.0587 e. The van der Waals surface area contributed by atoms with Gasteiger partial charge in [-0.05, 0) is 31.0 Å². The Morgan fingerprint density at radius 3 is 2.83 bits per heavy atom. The van der Waals surface area contributed by atoms with Gasteiger partial charge >= 0.3 is 0 Å². The largest absolute Gasteiger partial charge is 0.383 e. The molecule has 3 nitrogen and oxygen atoms in total. The van der Waals surface area contributed by atoms with Crippen LogP contribution in [-0.4, -0.2) is 32.8 Å². The summed E-state index contributed by atoms with van der Waals surface area (Å²) in [4.78, 5) is 0. The third-order valence-corrected chi connectivity index (χ3v) is 3.23. The summed E-state index contributed by atoms with van der Waals surface area (Å²) in [7, 11) is 1.71. The molecular weight excluding hydrogens is 248 g/mol. The Morgan fingerprint density at radius 2 is 2.17 bits per heavy atom. The summed E-state index contributed by atoms with van der Waals surface area (Å²) in [5, 5.41) is 7.64. The van der Waals surface area contributed by atoms with Crippen molar-refractivity contribution in [2.75, 3.05) is 26.8 Å². The van der Waals surface area contributed by atoms with Gasteiger partial charge in [-0.2, -0.15) is 0 Å². The molecule has 0 aliphatic carbocycles. The third kappa shape index (κ3) is 5.83. The van der Waals surface area contributed by atoms with E-state index in [1.165, 1.54) is 5.56 Å². The Bertz CT molecular complexity index is 358. The van der Waals surface area contributed by atoms with E-state index in [1.54, 1.807) is 7.11 Å². The lowest BCUT2D eigenvalue weighted by molar-refractivity contribution is 0.198. The molecule has 0 saturated heterocycles. The molecule has 0 fully saturated rings. The van der Waals surface area contributed by atoms with Gasteiger partial charge in [0.15, 0.2) is 0 Å². The molecule has 4 heteroatoms. The lowest BCUT2D eigenvalue weighted by Gasteiger charge is -2.15. The van der Waals surface area contributed by atoms with Crippen molar-refractivity contribution in [2.24, 2.45) is 0 Å². The van der Waals surface area contributed by atoms with E-state index >= 15 is 0 Å². The molecule has 0 bridgehead atoms. The second-order valence-corrected chi connectivity index (χ2v) is 4.97. The highest BCUT2D eigenvalue weighted by atomic mass is 35.5. The van der Waals surface area contributed by atoms with Gasteiger partial charge in [-0.1, -0.05) is 23.7 Å². The van der Waals surface area contributed by atoms with Gasteiger partial charge in [0.05, 0.1) is 6.61 Å². The van der Waals surface area contributed by atoms with Crippen LogP contribution in [0.15, 0.2) is 18.2 Å². The summed E-state index contributed by atoms with van der Waals surface area (Å²) < 4.78 is 4.98. The highest BCUT2D eigenvalue weighted by Crippen LogP contribution is 2.16. The second kappa shape index (κ2) is 8.48. The number of hydrogen-bond donors (Lipinski definition) is 2. The molecule has 0 amide bonds. The Hall–Kier alpha value is -0.610. The van der Waals surface area contributed by atoms with E-state index in [1.807, 2.05) is 13.0 Å². The minimum absolute atomic E-state index is 0.429. The summed E-state index contributed by atoms with van der Waals surface area (Å²) in [6.45, 7) is 7.65. The molecule has 2 N–H and O–H groups in total. The first-order chi connectivity index (χ1) is 8.63. The number of hydrogen-bond acceptors (Lipinski definition) is 3. The topological polar surface area (TPSA) is 33.3 Å². The Labute approximate surface area is 115 Å². The molecule has 0 aliphatic rings. The predicted molar refractivity (Wildman–Crippen MR) is 77.2 cm³/mol. The SMILES string of the molecule is COCCNCC(C)NCc1ccc(Cl)c(C)c1. The molecule has 0 saturated carbocycles. The van der Waals surface area contributed by atoms with Gasteiger partial charge in [-0.25, -0.2) is 0 Å². The molecule has 1 rings (SSSR count). The van der Waals surface area contributed by atoms with Crippen LogP contribution in [-0.2, 0) is 11.3 Å². The van der Waals surface area contributed by atoms with Gasteiger partial charge in [-0.15, -0.1) is 0 Å². The molecule has 0 aliphatic heterocycles. The van der Waals surface area contributed by atoms with Crippen LogP contribution in [0.5, 0.6) is 0 Å². The van der Waals surface area contributed by atoms with Crippen molar-refractivity contribution in [3.63, 3.8) is 0 Å². The van der Waals surface area contributed by atoms with Crippen molar-refractivity contribution in [1.82, 2.24) is 10.6 Å². The fraction of sp³-hybridized carbons (Fsp3) is 0.571. The van der Waals surface area contributed by atoms with Crippen molar-refractivity contribution in [1.29, 1.82) is 0 Å². The van der Waals surface area contributed by atoms with Gasteiger partial charge in [0.25, 0.3) is 0 Å². The van der Waals surface area contributed by atoms with Crippen molar-refractivity contribution in [3.8, 4) is 0 Å². The Morgan fingerprint density at radius 1 is 1.39 bits per heavy atom.